The molecule has 0 amide bonds. The van der Waals surface area contributed by atoms with Gasteiger partial charge >= 0.3 is 0 Å². The van der Waals surface area contributed by atoms with Crippen molar-refractivity contribution in [2.24, 2.45) is 4.99 Å². The van der Waals surface area contributed by atoms with Crippen LogP contribution in [0.1, 0.15) is 33.6 Å². The molecule has 0 saturated carbocycles. The van der Waals surface area contributed by atoms with Crippen molar-refractivity contribution in [2.45, 2.75) is 45.8 Å². The fourth-order valence-electron chi connectivity index (χ4n) is 2.92. The number of rotatable bonds is 7. The number of nitrogens with one attached hydrogen (secondary N) is 1. The Kier molecular flexibility index (Phi) is 10.9. The molecule has 0 spiro atoms. The predicted molar refractivity (Wildman–Crippen MR) is 114 cm³/mol. The summed E-state index contributed by atoms with van der Waals surface area (Å²) in [7, 11) is 0. The van der Waals surface area contributed by atoms with E-state index in [-0.39, 0.29) is 35.9 Å². The molecule has 148 valence electrons. The van der Waals surface area contributed by atoms with Crippen molar-refractivity contribution < 1.29 is 13.9 Å². The average Bonchev–Trinajstić information content (AvgIpc) is 2.60. The first-order valence-electron chi connectivity index (χ1n) is 9.19. The van der Waals surface area contributed by atoms with Gasteiger partial charge in [0.2, 0.25) is 0 Å². The summed E-state index contributed by atoms with van der Waals surface area (Å²) in [5.41, 5.74) is 0. The molecule has 1 aromatic rings. The van der Waals surface area contributed by atoms with E-state index in [2.05, 4.69) is 17.1 Å². The summed E-state index contributed by atoms with van der Waals surface area (Å²) in [5.74, 6) is 1.15. The number of halogens is 2. The predicted octanol–water partition coefficient (Wildman–Crippen LogP) is 3.68. The fraction of sp³-hybridized carbons (Fsp3) is 0.632. The number of piperidine rings is 1. The first-order chi connectivity index (χ1) is 12.1. The van der Waals surface area contributed by atoms with Gasteiger partial charge in [-0.1, -0.05) is 6.07 Å². The highest BCUT2D eigenvalue weighted by Crippen LogP contribution is 2.15. The summed E-state index contributed by atoms with van der Waals surface area (Å²) in [6.45, 7) is 10.0. The van der Waals surface area contributed by atoms with Crippen LogP contribution in [0.15, 0.2) is 29.3 Å². The lowest BCUT2D eigenvalue weighted by Gasteiger charge is -2.34. The molecule has 1 fully saturated rings. The minimum absolute atomic E-state index is 0. The van der Waals surface area contributed by atoms with E-state index < -0.39 is 0 Å². The SMILES string of the molecule is CCNC(=NCC(C)Oc1cccc(F)c1)N1CCC(OCC)CC1.I. The van der Waals surface area contributed by atoms with Gasteiger partial charge in [0.15, 0.2) is 5.96 Å². The summed E-state index contributed by atoms with van der Waals surface area (Å²) in [5, 5.41) is 3.35. The van der Waals surface area contributed by atoms with E-state index in [1.54, 1.807) is 12.1 Å². The van der Waals surface area contributed by atoms with Gasteiger partial charge < -0.3 is 19.7 Å². The molecule has 1 heterocycles. The lowest BCUT2D eigenvalue weighted by molar-refractivity contribution is 0.0263. The smallest absolute Gasteiger partial charge is 0.194 e. The molecular formula is C19H31FIN3O2. The van der Waals surface area contributed by atoms with Crippen molar-refractivity contribution in [3.8, 4) is 5.75 Å². The lowest BCUT2D eigenvalue weighted by atomic mass is 10.1. The van der Waals surface area contributed by atoms with Crippen molar-refractivity contribution in [1.82, 2.24) is 10.2 Å². The molecule has 5 nitrogen and oxygen atoms in total. The third-order valence-electron chi connectivity index (χ3n) is 4.11. The van der Waals surface area contributed by atoms with Gasteiger partial charge in [0, 0.05) is 32.3 Å². The number of hydrogen-bond acceptors (Lipinski definition) is 3. The molecule has 0 aliphatic carbocycles. The average molecular weight is 479 g/mol. The molecule has 1 aliphatic heterocycles. The molecule has 0 aromatic heterocycles. The monoisotopic (exact) mass is 479 g/mol. The second-order valence-electron chi connectivity index (χ2n) is 6.22. The molecule has 1 saturated heterocycles. The van der Waals surface area contributed by atoms with E-state index in [9.17, 15) is 4.39 Å². The standard InChI is InChI=1S/C19H30FN3O2.HI/c1-4-21-19(23-11-9-17(10-12-23)24-5-2)22-14-15(3)25-18-8-6-7-16(20)13-18;/h6-8,13,15,17H,4-5,9-12,14H2,1-3H3,(H,21,22);1H. The number of benzene rings is 1. The number of hydrogen-bond donors (Lipinski definition) is 1. The third-order valence-corrected chi connectivity index (χ3v) is 4.11. The highest BCUT2D eigenvalue weighted by Gasteiger charge is 2.21. The summed E-state index contributed by atoms with van der Waals surface area (Å²) >= 11 is 0. The normalized spacial score (nSPS) is 16.8. The number of nitrogens with zero attached hydrogens (tertiary/aromatic N) is 2. The molecule has 1 aromatic carbocycles. The molecule has 0 radical (unpaired) electrons. The van der Waals surface area contributed by atoms with Crippen molar-refractivity contribution in [2.75, 3.05) is 32.8 Å². The Bertz CT molecular complexity index is 551. The van der Waals surface area contributed by atoms with Crippen LogP contribution in [0.4, 0.5) is 4.39 Å². The third kappa shape index (κ3) is 7.65. The second-order valence-corrected chi connectivity index (χ2v) is 6.22. The van der Waals surface area contributed by atoms with Crippen LogP contribution in [-0.4, -0.2) is 55.9 Å². The van der Waals surface area contributed by atoms with Gasteiger partial charge in [-0.2, -0.15) is 0 Å². The molecule has 1 N–H and O–H groups in total. The van der Waals surface area contributed by atoms with Crippen LogP contribution in [0.5, 0.6) is 5.75 Å². The summed E-state index contributed by atoms with van der Waals surface area (Å²) < 4.78 is 24.7. The lowest BCUT2D eigenvalue weighted by Crippen LogP contribution is -2.47. The molecule has 0 bridgehead atoms. The molecular weight excluding hydrogens is 448 g/mol. The zero-order valence-corrected chi connectivity index (χ0v) is 18.2. The van der Waals surface area contributed by atoms with Crippen LogP contribution in [0.2, 0.25) is 0 Å². The van der Waals surface area contributed by atoms with E-state index >= 15 is 0 Å². The van der Waals surface area contributed by atoms with Crippen LogP contribution < -0.4 is 10.1 Å². The summed E-state index contributed by atoms with van der Waals surface area (Å²) in [6, 6.07) is 6.20. The largest absolute Gasteiger partial charge is 0.489 e. The summed E-state index contributed by atoms with van der Waals surface area (Å²) in [4.78, 5) is 6.97. The number of guanidine groups is 1. The van der Waals surface area contributed by atoms with Crippen LogP contribution in [0.25, 0.3) is 0 Å². The molecule has 26 heavy (non-hydrogen) atoms. The maximum Gasteiger partial charge on any atom is 0.194 e. The van der Waals surface area contributed by atoms with Crippen LogP contribution in [0.3, 0.4) is 0 Å². The van der Waals surface area contributed by atoms with E-state index in [1.165, 1.54) is 12.1 Å². The van der Waals surface area contributed by atoms with Crippen LogP contribution in [-0.2, 0) is 4.74 Å². The Morgan fingerprint density at radius 3 is 2.69 bits per heavy atom. The van der Waals surface area contributed by atoms with Crippen LogP contribution >= 0.6 is 24.0 Å². The Morgan fingerprint density at radius 2 is 2.08 bits per heavy atom. The van der Waals surface area contributed by atoms with Gasteiger partial charge in [-0.05, 0) is 45.7 Å². The Balaban J connectivity index is 0.00000338. The first kappa shape index (κ1) is 23.0. The number of ether oxygens (including phenoxy) is 2. The zero-order chi connectivity index (χ0) is 18.1. The Labute approximate surface area is 173 Å². The Morgan fingerprint density at radius 1 is 1.35 bits per heavy atom. The second kappa shape index (κ2) is 12.3. The van der Waals surface area contributed by atoms with Crippen molar-refractivity contribution in [1.29, 1.82) is 0 Å². The molecule has 1 aliphatic rings. The van der Waals surface area contributed by atoms with Crippen molar-refractivity contribution in [3.05, 3.63) is 30.1 Å². The molecule has 1 unspecified atom stereocenters. The number of likely N-dealkylation sites (tertiary alicyclic amines) is 1. The van der Waals surface area contributed by atoms with E-state index in [0.717, 1.165) is 45.0 Å². The molecule has 2 rings (SSSR count). The van der Waals surface area contributed by atoms with Gasteiger partial charge in [-0.25, -0.2) is 9.38 Å². The van der Waals surface area contributed by atoms with Crippen LogP contribution in [0, 0.1) is 5.82 Å². The maximum atomic E-state index is 13.2. The quantitative estimate of drug-likeness (QED) is 0.368. The summed E-state index contributed by atoms with van der Waals surface area (Å²) in [6.07, 6.45) is 2.28. The minimum Gasteiger partial charge on any atom is -0.489 e. The van der Waals surface area contributed by atoms with E-state index in [1.807, 2.05) is 13.8 Å². The first-order valence-corrected chi connectivity index (χ1v) is 9.19. The van der Waals surface area contributed by atoms with Crippen molar-refractivity contribution in [3.63, 3.8) is 0 Å². The van der Waals surface area contributed by atoms with Gasteiger partial charge in [-0.15, -0.1) is 24.0 Å². The zero-order valence-electron chi connectivity index (χ0n) is 15.9. The highest BCUT2D eigenvalue weighted by atomic mass is 127. The Hall–Kier alpha value is -1.09. The van der Waals surface area contributed by atoms with Gasteiger partial charge in [0.25, 0.3) is 0 Å². The van der Waals surface area contributed by atoms with Gasteiger partial charge in [-0.3, -0.25) is 0 Å². The highest BCUT2D eigenvalue weighted by molar-refractivity contribution is 14.0. The minimum atomic E-state index is -0.293. The maximum absolute atomic E-state index is 13.2. The van der Waals surface area contributed by atoms with E-state index in [4.69, 9.17) is 14.5 Å². The van der Waals surface area contributed by atoms with E-state index in [0.29, 0.717) is 18.4 Å². The van der Waals surface area contributed by atoms with Gasteiger partial charge in [0.05, 0.1) is 12.6 Å². The van der Waals surface area contributed by atoms with Crippen molar-refractivity contribution >= 4 is 29.9 Å². The topological polar surface area (TPSA) is 46.1 Å². The number of aliphatic imine (C=N–C) groups is 1. The molecule has 7 heteroatoms. The fourth-order valence-corrected chi connectivity index (χ4v) is 2.92. The van der Waals surface area contributed by atoms with Gasteiger partial charge in [0.1, 0.15) is 17.7 Å². The molecule has 1 atom stereocenters.